The van der Waals surface area contributed by atoms with Crippen LogP contribution < -0.4 is 0 Å². The van der Waals surface area contributed by atoms with Gasteiger partial charge in [0, 0.05) is 0 Å². The number of hydrogen-bond acceptors (Lipinski definition) is 11. The molecule has 1 aliphatic heterocycles. The lowest BCUT2D eigenvalue weighted by Gasteiger charge is -2.44. The van der Waals surface area contributed by atoms with Gasteiger partial charge in [0.2, 0.25) is 0 Å². The fraction of sp³-hybridized carbons (Fsp3) is 0.864. The molecule has 1 aliphatic rings. The Kier molecular flexibility index (Phi) is 9.85. The van der Waals surface area contributed by atoms with Gasteiger partial charge in [-0.15, -0.1) is 0 Å². The predicted octanol–water partition coefficient (Wildman–Crippen LogP) is 2.44. The summed E-state index contributed by atoms with van der Waals surface area (Å²) in [6.45, 7) is 12.4. The van der Waals surface area contributed by atoms with E-state index in [2.05, 4.69) is 4.18 Å². The van der Waals surface area contributed by atoms with Crippen LogP contribution >= 0.6 is 0 Å². The molecule has 15 heteroatoms. The third-order valence-corrected chi connectivity index (χ3v) is 5.88. The molecule has 0 aromatic carbocycles. The molecule has 37 heavy (non-hydrogen) atoms. The Morgan fingerprint density at radius 3 is 1.54 bits per heavy atom. The first-order valence-electron chi connectivity index (χ1n) is 11.2. The molecule has 216 valence electrons. The smallest absolute Gasteiger partial charge is 0.462 e. The molecule has 0 aromatic heterocycles. The molecule has 0 aliphatic carbocycles. The third kappa shape index (κ3) is 8.79. The maximum atomic E-state index is 13.1. The van der Waals surface area contributed by atoms with Crippen molar-refractivity contribution in [3.8, 4) is 0 Å². The summed E-state index contributed by atoms with van der Waals surface area (Å²) in [4.78, 5) is 37.7. The highest BCUT2D eigenvalue weighted by Gasteiger charge is 2.57. The quantitative estimate of drug-likeness (QED) is 0.219. The molecule has 1 N–H and O–H groups in total. The molecule has 0 amide bonds. The number of alkyl halides is 3. The summed E-state index contributed by atoms with van der Waals surface area (Å²) in [5.74, 6) is -2.74. The van der Waals surface area contributed by atoms with Crippen molar-refractivity contribution in [2.45, 2.75) is 98.5 Å². The van der Waals surface area contributed by atoms with Crippen molar-refractivity contribution in [1.29, 1.82) is 0 Å². The van der Waals surface area contributed by atoms with Crippen molar-refractivity contribution >= 4 is 28.0 Å². The van der Waals surface area contributed by atoms with Crippen LogP contribution in [0.5, 0.6) is 0 Å². The van der Waals surface area contributed by atoms with Crippen LogP contribution in [0, 0.1) is 16.2 Å². The maximum absolute atomic E-state index is 13.1. The molecule has 11 nitrogen and oxygen atoms in total. The van der Waals surface area contributed by atoms with Gasteiger partial charge in [0.1, 0.15) is 12.7 Å². The minimum Gasteiger partial charge on any atom is -0.462 e. The number of esters is 3. The fourth-order valence-electron chi connectivity index (χ4n) is 2.58. The molecule has 1 rings (SSSR count). The normalized spacial score (nSPS) is 25.8. The Morgan fingerprint density at radius 1 is 0.757 bits per heavy atom. The van der Waals surface area contributed by atoms with Crippen molar-refractivity contribution in [3.05, 3.63) is 0 Å². The lowest BCUT2D eigenvalue weighted by molar-refractivity contribution is -0.291. The van der Waals surface area contributed by atoms with E-state index in [1.54, 1.807) is 0 Å². The maximum Gasteiger partial charge on any atom is 0.523 e. The van der Waals surface area contributed by atoms with Gasteiger partial charge in [0.25, 0.3) is 0 Å². The summed E-state index contributed by atoms with van der Waals surface area (Å²) in [6.07, 6.45) is -10.5. The highest BCUT2D eigenvalue weighted by Crippen LogP contribution is 2.35. The molecular formula is C22H35F3O11S. The predicted molar refractivity (Wildman–Crippen MR) is 120 cm³/mol. The van der Waals surface area contributed by atoms with Crippen molar-refractivity contribution in [1.82, 2.24) is 0 Å². The average molecular weight is 565 g/mol. The lowest BCUT2D eigenvalue weighted by atomic mass is 9.94. The number of rotatable bonds is 6. The summed E-state index contributed by atoms with van der Waals surface area (Å²) >= 11 is 0. The number of hydrogen-bond donors (Lipinski definition) is 1. The molecule has 0 bridgehead atoms. The Bertz CT molecular complexity index is 956. The van der Waals surface area contributed by atoms with E-state index in [1.807, 2.05) is 0 Å². The number of halogens is 3. The van der Waals surface area contributed by atoms with Crippen LogP contribution in [0.4, 0.5) is 13.2 Å². The molecule has 0 saturated carbocycles. The van der Waals surface area contributed by atoms with Crippen molar-refractivity contribution in [2.75, 3.05) is 6.61 Å². The largest absolute Gasteiger partial charge is 0.523 e. The topological polar surface area (TPSA) is 152 Å². The zero-order valence-electron chi connectivity index (χ0n) is 22.2. The number of ether oxygens (including phenoxy) is 4. The molecule has 1 fully saturated rings. The van der Waals surface area contributed by atoms with Gasteiger partial charge in [-0.25, -0.2) is 0 Å². The van der Waals surface area contributed by atoms with E-state index in [1.165, 1.54) is 62.3 Å². The summed E-state index contributed by atoms with van der Waals surface area (Å²) < 4.78 is 87.9. The van der Waals surface area contributed by atoms with Crippen molar-refractivity contribution in [3.63, 3.8) is 0 Å². The molecular weight excluding hydrogens is 529 g/mol. The molecule has 3 unspecified atom stereocenters. The summed E-state index contributed by atoms with van der Waals surface area (Å²) in [7, 11) is -6.33. The molecule has 1 saturated heterocycles. The van der Waals surface area contributed by atoms with E-state index in [9.17, 15) is 41.1 Å². The van der Waals surface area contributed by atoms with Crippen LogP contribution in [0.2, 0.25) is 0 Å². The standard InChI is InChI=1S/C22H35F3O11S/c1-19(2,3)16(27)32-10-11-12(34-17(28)20(4,5)6)13(35-18(29)21(7,8)9)14(15(26)33-11)36-37(30,31)22(23,24)25/h11-15,26H,10H2,1-9H3/t11?,12-,13+,14?,15?/m1/s1. The van der Waals surface area contributed by atoms with Gasteiger partial charge >= 0.3 is 33.5 Å². The summed E-state index contributed by atoms with van der Waals surface area (Å²) in [6, 6.07) is 0. The molecule has 5 atom stereocenters. The highest BCUT2D eigenvalue weighted by molar-refractivity contribution is 7.87. The van der Waals surface area contributed by atoms with E-state index >= 15 is 0 Å². The zero-order valence-corrected chi connectivity index (χ0v) is 23.0. The first-order chi connectivity index (χ1) is 16.3. The van der Waals surface area contributed by atoms with Crippen LogP contribution in [-0.4, -0.2) is 74.3 Å². The lowest BCUT2D eigenvalue weighted by Crippen LogP contribution is -2.63. The van der Waals surface area contributed by atoms with Gasteiger partial charge in [-0.3, -0.25) is 18.6 Å². The Labute approximate surface area is 214 Å². The minimum atomic E-state index is -6.33. The fourth-order valence-corrected chi connectivity index (χ4v) is 3.19. The zero-order chi connectivity index (χ0) is 29.4. The number of aliphatic hydroxyl groups is 1. The summed E-state index contributed by atoms with van der Waals surface area (Å²) in [5.41, 5.74) is -9.34. The average Bonchev–Trinajstić information content (AvgIpc) is 2.67. The second-order valence-electron chi connectivity index (χ2n) is 11.6. The molecule has 0 spiro atoms. The number of carbonyl (C=O) groups excluding carboxylic acids is 3. The van der Waals surface area contributed by atoms with Crippen molar-refractivity contribution < 1.29 is 64.2 Å². The Balaban J connectivity index is 3.59. The van der Waals surface area contributed by atoms with Gasteiger partial charge in [0.05, 0.1) is 16.2 Å². The minimum absolute atomic E-state index is 0.697. The molecule has 0 aromatic rings. The second-order valence-corrected chi connectivity index (χ2v) is 13.2. The van der Waals surface area contributed by atoms with Crippen LogP contribution in [0.15, 0.2) is 0 Å². The monoisotopic (exact) mass is 564 g/mol. The van der Waals surface area contributed by atoms with Gasteiger partial charge < -0.3 is 24.1 Å². The Hall–Kier alpha value is -1.97. The van der Waals surface area contributed by atoms with E-state index in [0.717, 1.165) is 0 Å². The number of aliphatic hydroxyl groups excluding tert-OH is 1. The van der Waals surface area contributed by atoms with E-state index in [4.69, 9.17) is 18.9 Å². The van der Waals surface area contributed by atoms with Crippen LogP contribution in [0.1, 0.15) is 62.3 Å². The highest BCUT2D eigenvalue weighted by atomic mass is 32.2. The van der Waals surface area contributed by atoms with E-state index in [0.29, 0.717) is 0 Å². The van der Waals surface area contributed by atoms with E-state index < -0.39 is 87.1 Å². The number of carbonyl (C=O) groups is 3. The molecule has 0 radical (unpaired) electrons. The Morgan fingerprint density at radius 2 is 1.16 bits per heavy atom. The van der Waals surface area contributed by atoms with Gasteiger partial charge in [-0.2, -0.15) is 21.6 Å². The molecule has 1 heterocycles. The first kappa shape index (κ1) is 33.1. The van der Waals surface area contributed by atoms with Gasteiger partial charge in [0.15, 0.2) is 24.6 Å². The first-order valence-corrected chi connectivity index (χ1v) is 12.6. The van der Waals surface area contributed by atoms with Crippen LogP contribution in [-0.2, 0) is 47.6 Å². The van der Waals surface area contributed by atoms with Crippen LogP contribution in [0.25, 0.3) is 0 Å². The second kappa shape index (κ2) is 11.0. The summed E-state index contributed by atoms with van der Waals surface area (Å²) in [5, 5.41) is 10.4. The van der Waals surface area contributed by atoms with Crippen molar-refractivity contribution in [2.24, 2.45) is 16.2 Å². The van der Waals surface area contributed by atoms with Crippen LogP contribution in [0.3, 0.4) is 0 Å². The SMILES string of the molecule is CC(C)(C)C(=O)OCC1OC(O)C(OS(=O)(=O)C(F)(F)F)[C@@H](OC(=O)C(C)(C)C)[C@@H]1OC(=O)C(C)(C)C. The van der Waals surface area contributed by atoms with E-state index in [-0.39, 0.29) is 0 Å². The third-order valence-electron chi connectivity index (χ3n) is 4.83. The van der Waals surface area contributed by atoms with Gasteiger partial charge in [-0.1, -0.05) is 0 Å². The van der Waals surface area contributed by atoms with Gasteiger partial charge in [-0.05, 0) is 62.3 Å².